The van der Waals surface area contributed by atoms with E-state index in [2.05, 4.69) is 0 Å². The number of primary amides is 1. The molecule has 0 spiro atoms. The number of aliphatic carboxylic acids is 1. The minimum atomic E-state index is -3.02. The van der Waals surface area contributed by atoms with Gasteiger partial charge in [0.1, 0.15) is 28.9 Å². The number of fused-ring (bicyclic) bond motifs is 3. The molecule has 0 aromatic heterocycles. The SMILES string of the molecule is C[C@@H]1c2cccc(O)c2C(O)=C2C(=O)[C@]3(O)C(O)=C(C(N)=O)C(=O)[C@H](N(C)C)[C@@H]3[C@H](OC(=O)CCCCC(=O)O)[C@@H]21. The van der Waals surface area contributed by atoms with Gasteiger partial charge in [0, 0.05) is 24.3 Å². The zero-order chi connectivity index (χ0) is 30.5. The van der Waals surface area contributed by atoms with Crippen molar-refractivity contribution in [3.05, 3.63) is 46.2 Å². The first-order chi connectivity index (χ1) is 19.2. The molecule has 3 aliphatic carbocycles. The van der Waals surface area contributed by atoms with Crippen molar-refractivity contribution in [1.82, 2.24) is 4.90 Å². The van der Waals surface area contributed by atoms with Gasteiger partial charge in [0.15, 0.2) is 11.4 Å². The number of likely N-dealkylation sites (N-methyl/N-ethyl adjacent to an activating group) is 1. The Hall–Kier alpha value is -4.23. The number of hydrogen-bond acceptors (Lipinski definition) is 11. The molecule has 0 unspecified atom stereocenters. The number of benzene rings is 1. The van der Waals surface area contributed by atoms with Crippen LogP contribution in [0.25, 0.3) is 5.76 Å². The zero-order valence-electron chi connectivity index (χ0n) is 22.7. The van der Waals surface area contributed by atoms with E-state index in [-0.39, 0.29) is 37.0 Å². The van der Waals surface area contributed by atoms with Gasteiger partial charge < -0.3 is 36.0 Å². The molecule has 13 heteroatoms. The summed E-state index contributed by atoms with van der Waals surface area (Å²) in [6, 6.07) is 2.93. The molecule has 4 rings (SSSR count). The van der Waals surface area contributed by atoms with Crippen LogP contribution in [0.3, 0.4) is 0 Å². The highest BCUT2D eigenvalue weighted by molar-refractivity contribution is 6.24. The van der Waals surface area contributed by atoms with E-state index in [1.54, 1.807) is 13.0 Å². The number of phenolic OH excluding ortho intramolecular Hbond substituents is 1. The van der Waals surface area contributed by atoms with Crippen LogP contribution < -0.4 is 5.73 Å². The van der Waals surface area contributed by atoms with Crippen molar-refractivity contribution in [2.45, 2.75) is 56.3 Å². The van der Waals surface area contributed by atoms with Crippen molar-refractivity contribution in [2.75, 3.05) is 14.1 Å². The summed E-state index contributed by atoms with van der Waals surface area (Å²) in [4.78, 5) is 65.1. The standard InChI is InChI=1S/C28H32N2O11/c1-11-12-7-6-8-13(31)17(12)22(35)18-16(11)24(41-15(34)10-5-4-9-14(32)33)20-21(30(2)3)23(36)19(27(29)39)26(38)28(20,40)25(18)37/h6-8,11,16,20-21,24,31,35,38,40H,4-5,9-10H2,1-3H3,(H2,29,39)(H,32,33)/t11-,16-,20-,21-,24-,28+/m1/s1. The van der Waals surface area contributed by atoms with E-state index in [9.17, 15) is 44.4 Å². The van der Waals surface area contributed by atoms with E-state index in [1.807, 2.05) is 0 Å². The molecule has 1 amide bonds. The second-order valence-electron chi connectivity index (χ2n) is 10.9. The van der Waals surface area contributed by atoms with Crippen LogP contribution >= 0.6 is 0 Å². The smallest absolute Gasteiger partial charge is 0.306 e. The third-order valence-electron chi connectivity index (χ3n) is 8.26. The van der Waals surface area contributed by atoms with E-state index in [0.29, 0.717) is 5.56 Å². The van der Waals surface area contributed by atoms with Gasteiger partial charge in [-0.05, 0) is 44.5 Å². The molecule has 7 N–H and O–H groups in total. The molecule has 0 aliphatic heterocycles. The van der Waals surface area contributed by atoms with Gasteiger partial charge in [0.05, 0.1) is 17.5 Å². The Kier molecular flexibility index (Phi) is 7.71. The number of ether oxygens (including phenoxy) is 1. The fraction of sp³-hybridized carbons (Fsp3) is 0.464. The number of carbonyl (C=O) groups is 5. The number of esters is 1. The number of carbonyl (C=O) groups excluding carboxylic acids is 4. The average molecular weight is 573 g/mol. The number of ketones is 2. The van der Waals surface area contributed by atoms with Gasteiger partial charge in [0.25, 0.3) is 5.91 Å². The summed E-state index contributed by atoms with van der Waals surface area (Å²) < 4.78 is 5.85. The summed E-state index contributed by atoms with van der Waals surface area (Å²) in [6.45, 7) is 1.65. The summed E-state index contributed by atoms with van der Waals surface area (Å²) in [5.74, 6) is -11.4. The number of aliphatic hydroxyl groups excluding tert-OH is 2. The number of amides is 1. The molecular weight excluding hydrogens is 540 g/mol. The monoisotopic (exact) mass is 572 g/mol. The molecule has 1 aromatic carbocycles. The van der Waals surface area contributed by atoms with Crippen molar-refractivity contribution < 1.29 is 54.2 Å². The Morgan fingerprint density at radius 2 is 1.71 bits per heavy atom. The number of nitrogens with zero attached hydrogens (tertiary/aromatic N) is 1. The molecule has 41 heavy (non-hydrogen) atoms. The molecule has 0 saturated heterocycles. The minimum absolute atomic E-state index is 0.0879. The molecule has 1 saturated carbocycles. The van der Waals surface area contributed by atoms with Crippen molar-refractivity contribution in [2.24, 2.45) is 17.6 Å². The van der Waals surface area contributed by atoms with Gasteiger partial charge >= 0.3 is 11.9 Å². The van der Waals surface area contributed by atoms with E-state index in [4.69, 9.17) is 15.6 Å². The van der Waals surface area contributed by atoms with Crippen LogP contribution in [0.15, 0.2) is 35.1 Å². The maximum Gasteiger partial charge on any atom is 0.306 e. The average Bonchev–Trinajstić information content (AvgIpc) is 2.88. The number of aromatic hydroxyl groups is 1. The number of rotatable bonds is 8. The number of nitrogens with two attached hydrogens (primary N) is 1. The van der Waals surface area contributed by atoms with Gasteiger partial charge in [-0.25, -0.2) is 0 Å². The number of phenols is 1. The van der Waals surface area contributed by atoms with E-state index < -0.39 is 87.6 Å². The van der Waals surface area contributed by atoms with Crippen LogP contribution in [-0.2, 0) is 28.7 Å². The number of carboxylic acids is 1. The summed E-state index contributed by atoms with van der Waals surface area (Å²) in [5, 5.41) is 53.9. The number of aliphatic hydroxyl groups is 3. The lowest BCUT2D eigenvalue weighted by atomic mass is 9.54. The summed E-state index contributed by atoms with van der Waals surface area (Å²) >= 11 is 0. The molecule has 0 radical (unpaired) electrons. The highest BCUT2D eigenvalue weighted by Gasteiger charge is 2.69. The Labute approximate surface area is 234 Å². The Morgan fingerprint density at radius 1 is 1.07 bits per heavy atom. The van der Waals surface area contributed by atoms with Crippen molar-refractivity contribution in [3.63, 3.8) is 0 Å². The van der Waals surface area contributed by atoms with Crippen LogP contribution in [0, 0.1) is 11.8 Å². The third-order valence-corrected chi connectivity index (χ3v) is 8.26. The molecule has 220 valence electrons. The minimum Gasteiger partial charge on any atom is -0.508 e. The fourth-order valence-corrected chi connectivity index (χ4v) is 6.44. The first kappa shape index (κ1) is 29.7. The zero-order valence-corrected chi connectivity index (χ0v) is 22.7. The van der Waals surface area contributed by atoms with Gasteiger partial charge in [-0.15, -0.1) is 0 Å². The summed E-state index contributed by atoms with van der Waals surface area (Å²) in [5.41, 5.74) is 1.19. The second-order valence-corrected chi connectivity index (χ2v) is 10.9. The molecule has 6 atom stereocenters. The summed E-state index contributed by atoms with van der Waals surface area (Å²) in [7, 11) is 2.86. The predicted octanol–water partition coefficient (Wildman–Crippen LogP) is 0.692. The topological polar surface area (TPSA) is 225 Å². The lowest BCUT2D eigenvalue weighted by Crippen LogP contribution is -2.71. The molecule has 13 nitrogen and oxygen atoms in total. The summed E-state index contributed by atoms with van der Waals surface area (Å²) in [6.07, 6.45) is -1.62. The number of unbranched alkanes of at least 4 members (excludes halogenated alkanes) is 1. The molecule has 1 fully saturated rings. The van der Waals surface area contributed by atoms with Crippen molar-refractivity contribution >= 4 is 35.2 Å². The van der Waals surface area contributed by atoms with E-state index >= 15 is 0 Å². The lowest BCUT2D eigenvalue weighted by Gasteiger charge is -2.54. The molecule has 0 bridgehead atoms. The van der Waals surface area contributed by atoms with Gasteiger partial charge in [-0.2, -0.15) is 0 Å². The highest BCUT2D eigenvalue weighted by Crippen LogP contribution is 2.56. The third kappa shape index (κ3) is 4.54. The molecule has 3 aliphatic rings. The van der Waals surface area contributed by atoms with Crippen molar-refractivity contribution in [3.8, 4) is 5.75 Å². The second kappa shape index (κ2) is 10.6. The van der Waals surface area contributed by atoms with Crippen LogP contribution in [0.1, 0.15) is 49.7 Å². The predicted molar refractivity (Wildman–Crippen MR) is 140 cm³/mol. The van der Waals surface area contributed by atoms with Crippen LogP contribution in [0.5, 0.6) is 5.75 Å². The largest absolute Gasteiger partial charge is 0.508 e. The first-order valence-corrected chi connectivity index (χ1v) is 13.0. The maximum absolute atomic E-state index is 14.1. The van der Waals surface area contributed by atoms with Crippen LogP contribution in [0.4, 0.5) is 0 Å². The van der Waals surface area contributed by atoms with Crippen molar-refractivity contribution in [1.29, 1.82) is 0 Å². The van der Waals surface area contributed by atoms with Gasteiger partial charge in [0.2, 0.25) is 5.78 Å². The Morgan fingerprint density at radius 3 is 2.29 bits per heavy atom. The Bertz CT molecular complexity index is 1410. The van der Waals surface area contributed by atoms with Gasteiger partial charge in [-0.3, -0.25) is 28.9 Å². The fourth-order valence-electron chi connectivity index (χ4n) is 6.44. The lowest BCUT2D eigenvalue weighted by molar-refractivity contribution is -0.185. The van der Waals surface area contributed by atoms with E-state index in [1.165, 1.54) is 31.1 Å². The number of hydrogen-bond donors (Lipinski definition) is 6. The maximum atomic E-state index is 14.1. The van der Waals surface area contributed by atoms with Crippen LogP contribution in [0.2, 0.25) is 0 Å². The van der Waals surface area contributed by atoms with E-state index in [0.717, 1.165) is 0 Å². The first-order valence-electron chi connectivity index (χ1n) is 13.0. The Balaban J connectivity index is 1.95. The molecular formula is C28H32N2O11. The van der Waals surface area contributed by atoms with Gasteiger partial charge in [-0.1, -0.05) is 19.1 Å². The normalized spacial score (nSPS) is 29.1. The molecule has 0 heterocycles. The highest BCUT2D eigenvalue weighted by atomic mass is 16.5. The molecule has 1 aromatic rings. The van der Waals surface area contributed by atoms with Crippen LogP contribution in [-0.4, -0.2) is 91.7 Å². The quantitative estimate of drug-likeness (QED) is 0.144. The number of Topliss-reactive ketones (excluding diaryl/α,β-unsaturated/α-hetero) is 2. The number of carboxylic acid groups (broad SMARTS) is 1.